The van der Waals surface area contributed by atoms with Crippen molar-refractivity contribution < 1.29 is 22.8 Å². The summed E-state index contributed by atoms with van der Waals surface area (Å²) < 4.78 is 34.6. The molecule has 1 N–H and O–H groups in total. The topological polar surface area (TPSA) is 82.6 Å². The van der Waals surface area contributed by atoms with Crippen LogP contribution >= 0.6 is 34.5 Å². The molecule has 0 bridgehead atoms. The van der Waals surface area contributed by atoms with Crippen LogP contribution in [0.5, 0.6) is 0 Å². The van der Waals surface area contributed by atoms with Crippen molar-refractivity contribution in [1.82, 2.24) is 15.3 Å². The summed E-state index contributed by atoms with van der Waals surface area (Å²) >= 11 is 14.4. The molecule has 0 aliphatic heterocycles. The number of benzene rings is 1. The van der Waals surface area contributed by atoms with Gasteiger partial charge in [-0.2, -0.15) is 0 Å². The van der Waals surface area contributed by atoms with Gasteiger partial charge in [-0.15, -0.1) is 11.3 Å². The van der Waals surface area contributed by atoms with E-state index in [9.17, 15) is 9.18 Å². The number of hydrogen-bond acceptors (Lipinski definition) is 7. The number of thiophene rings is 1. The highest BCUT2D eigenvalue weighted by atomic mass is 35.5. The predicted molar refractivity (Wildman–Crippen MR) is 330 cm³/mol. The summed E-state index contributed by atoms with van der Waals surface area (Å²) in [4.78, 5) is 21.5. The zero-order chi connectivity index (χ0) is 57.2. The molecular formula is C65H104Cl2FN3O4SSi2. The highest BCUT2D eigenvalue weighted by Crippen LogP contribution is 2.70. The lowest BCUT2D eigenvalue weighted by molar-refractivity contribution is 0.0498. The summed E-state index contributed by atoms with van der Waals surface area (Å²) in [5.41, 5.74) is 4.89. The third-order valence-corrected chi connectivity index (χ3v) is 32.7. The average molecular weight is 1170 g/mol. The summed E-state index contributed by atoms with van der Waals surface area (Å²) in [6.07, 6.45) is 18.1. The second-order valence-electron chi connectivity index (χ2n) is 28.1. The number of nitrogens with zero attached hydrogens (tertiary/aromatic N) is 2. The number of aromatic nitrogens is 2. The van der Waals surface area contributed by atoms with Gasteiger partial charge >= 0.3 is 6.09 Å². The molecule has 6 fully saturated rings. The van der Waals surface area contributed by atoms with Gasteiger partial charge in [0, 0.05) is 28.5 Å². The number of ether oxygens (including phenoxy) is 1. The van der Waals surface area contributed by atoms with E-state index in [1.54, 1.807) is 29.7 Å². The molecule has 2 aromatic heterocycles. The molecule has 6 unspecified atom stereocenters. The molecule has 6 aliphatic rings. The lowest BCUT2D eigenvalue weighted by Gasteiger charge is -2.34. The van der Waals surface area contributed by atoms with Gasteiger partial charge in [0.15, 0.2) is 16.6 Å². The van der Waals surface area contributed by atoms with E-state index < -0.39 is 34.4 Å². The summed E-state index contributed by atoms with van der Waals surface area (Å²) in [6.45, 7) is 35.9. The highest BCUT2D eigenvalue weighted by molar-refractivity contribution is 7.14. The van der Waals surface area contributed by atoms with Crippen LogP contribution in [0.3, 0.4) is 0 Å². The monoisotopic (exact) mass is 1170 g/mol. The number of nitrogens with one attached hydrogen (secondary N) is 1. The van der Waals surface area contributed by atoms with E-state index in [2.05, 4.69) is 112 Å². The SMILES string of the molecule is CC(C)(C)OC(=O)NC(CCC1C[C@@H]2[C@H](C1)C2(C)C)c1c(F)cccc1Cl.CC[Si](CC)(CC)OC(CCC1C[C@@H]2[C@H](C1)C2(C)C)c1ccsc1Cl.CC[Si](CC)(CC)OC(CCC1C[C@@H]2[C@H](C1)C2(C)C)c1nccnc1C. The molecule has 9 rings (SSSR count). The van der Waals surface area contributed by atoms with Crippen molar-refractivity contribution in [2.75, 3.05) is 0 Å². The Bertz CT molecular complexity index is 2360. The van der Waals surface area contributed by atoms with Crippen LogP contribution in [0, 0.1) is 82.2 Å². The van der Waals surface area contributed by atoms with E-state index in [0.717, 1.165) is 82.3 Å². The molecule has 3 aromatic rings. The van der Waals surface area contributed by atoms with Gasteiger partial charge in [0.1, 0.15) is 11.4 Å². The molecule has 438 valence electrons. The Balaban J connectivity index is 0.000000170. The third kappa shape index (κ3) is 14.9. The van der Waals surface area contributed by atoms with Crippen LogP contribution in [0.15, 0.2) is 42.0 Å². The molecule has 6 aliphatic carbocycles. The number of carbonyl (C=O) groups excluding carboxylic acids is 1. The first-order valence-corrected chi connectivity index (χ1v) is 37.7. The van der Waals surface area contributed by atoms with Crippen LogP contribution in [0.25, 0.3) is 0 Å². The summed E-state index contributed by atoms with van der Waals surface area (Å²) in [7, 11) is -3.28. The van der Waals surface area contributed by atoms with Crippen LogP contribution in [0.1, 0.15) is 222 Å². The van der Waals surface area contributed by atoms with Crippen molar-refractivity contribution in [1.29, 1.82) is 0 Å². The van der Waals surface area contributed by atoms with Gasteiger partial charge < -0.3 is 18.9 Å². The molecule has 78 heavy (non-hydrogen) atoms. The standard InChI is InChI=1S/C22H31ClFNO2.C22H38N2OSi.C21H35ClOSSi/c1-21(2,3)27-20(26)25-18(19-16(23)7-6-8-17(19)24)10-9-13-11-14-15(12-13)22(14,4)5;1-7-26(8-2,9-3)25-20(21-16(4)23-12-13-24-21)11-10-17-14-18-19(15-17)22(18,5)6;1-6-25(7-2,8-3)23-19(16-11-12-24-20(16)22)10-9-15-13-17-18(14-15)21(17,4)5/h6-8,13-15,18H,9-12H2,1-5H3,(H,25,26);12-13,17-20H,7-11,14-15H2,1-6H3;11-12,15,17-19H,6-10,13-14H2,1-5H3/t13?,14-,15+,18?;17?,18-,19+,20?;15?,17-,18+,19?. The second-order valence-corrected chi connectivity index (χ2v) is 39.4. The van der Waals surface area contributed by atoms with Crippen molar-refractivity contribution in [3.8, 4) is 0 Å². The van der Waals surface area contributed by atoms with Crippen molar-refractivity contribution in [2.45, 2.75) is 248 Å². The Hall–Kier alpha value is -1.87. The van der Waals surface area contributed by atoms with Crippen molar-refractivity contribution in [2.24, 2.45) is 69.5 Å². The van der Waals surface area contributed by atoms with Gasteiger partial charge in [-0.3, -0.25) is 9.97 Å². The number of aryl methyl sites for hydroxylation is 1. The number of rotatable bonds is 23. The molecule has 7 nitrogen and oxygen atoms in total. The van der Waals surface area contributed by atoms with E-state index in [1.807, 2.05) is 27.0 Å². The third-order valence-electron chi connectivity index (χ3n) is 21.8. The fourth-order valence-electron chi connectivity index (χ4n) is 15.7. The predicted octanol–water partition coefficient (Wildman–Crippen LogP) is 20.7. The first-order chi connectivity index (χ1) is 36.7. The number of halogens is 3. The Labute approximate surface area is 489 Å². The molecule has 6 saturated carbocycles. The van der Waals surface area contributed by atoms with E-state index in [-0.39, 0.29) is 18.0 Å². The van der Waals surface area contributed by atoms with Crippen LogP contribution in [0.2, 0.25) is 45.6 Å². The fraction of sp³-hybridized carbons (Fsp3) is 0.769. The second kappa shape index (κ2) is 26.0. The summed E-state index contributed by atoms with van der Waals surface area (Å²) in [5.74, 6) is 7.68. The highest BCUT2D eigenvalue weighted by Gasteiger charge is 2.63. The Morgan fingerprint density at radius 2 is 1.10 bits per heavy atom. The molecule has 1 amide bonds. The molecule has 1 aromatic carbocycles. The van der Waals surface area contributed by atoms with Gasteiger partial charge in [0.05, 0.1) is 34.0 Å². The largest absolute Gasteiger partial charge is 0.444 e. The van der Waals surface area contributed by atoms with E-state index in [1.165, 1.54) is 99.3 Å². The number of fused-ring (bicyclic) bond motifs is 3. The van der Waals surface area contributed by atoms with Gasteiger partial charge in [0.2, 0.25) is 0 Å². The molecule has 12 atom stereocenters. The zero-order valence-corrected chi connectivity index (χ0v) is 55.6. The van der Waals surface area contributed by atoms with E-state index in [0.29, 0.717) is 39.2 Å². The minimum atomic E-state index is -1.66. The van der Waals surface area contributed by atoms with Crippen molar-refractivity contribution >= 4 is 57.3 Å². The maximum atomic E-state index is 14.5. The van der Waals surface area contributed by atoms with Crippen LogP contribution in [-0.4, -0.2) is 38.3 Å². The fourth-order valence-corrected chi connectivity index (χ4v) is 22.7. The Morgan fingerprint density at radius 3 is 1.50 bits per heavy atom. The van der Waals surface area contributed by atoms with Crippen LogP contribution < -0.4 is 5.32 Å². The molecule has 0 spiro atoms. The van der Waals surface area contributed by atoms with Crippen LogP contribution in [-0.2, 0) is 13.6 Å². The molecular weight excluding hydrogens is 1060 g/mol. The zero-order valence-electron chi connectivity index (χ0n) is 51.3. The lowest BCUT2D eigenvalue weighted by atomic mass is 9.88. The number of carbonyl (C=O) groups is 1. The molecule has 2 heterocycles. The quantitative estimate of drug-likeness (QED) is 0.0953. The Kier molecular flexibility index (Phi) is 21.2. The summed E-state index contributed by atoms with van der Waals surface area (Å²) in [6, 6.07) is 13.5. The minimum absolute atomic E-state index is 0.139. The number of hydrogen-bond donors (Lipinski definition) is 1. The summed E-state index contributed by atoms with van der Waals surface area (Å²) in [5, 5.41) is 5.31. The first-order valence-electron chi connectivity index (χ1n) is 31.0. The average Bonchev–Trinajstić information content (AvgIpc) is 3.93. The van der Waals surface area contributed by atoms with Gasteiger partial charge in [-0.1, -0.05) is 112 Å². The van der Waals surface area contributed by atoms with Gasteiger partial charge in [-0.05, 0) is 234 Å². The van der Waals surface area contributed by atoms with Gasteiger partial charge in [-0.25, -0.2) is 9.18 Å². The maximum Gasteiger partial charge on any atom is 0.408 e. The molecule has 0 radical (unpaired) electrons. The van der Waals surface area contributed by atoms with E-state index >= 15 is 0 Å². The van der Waals surface area contributed by atoms with E-state index in [4.69, 9.17) is 41.8 Å². The lowest BCUT2D eigenvalue weighted by Crippen LogP contribution is -2.37. The number of amides is 1. The molecule has 0 saturated heterocycles. The van der Waals surface area contributed by atoms with Gasteiger partial charge in [0.25, 0.3) is 0 Å². The first kappa shape index (κ1) is 63.7. The maximum absolute atomic E-state index is 14.5. The molecule has 13 heteroatoms. The normalized spacial score (nSPS) is 27.9. The van der Waals surface area contributed by atoms with Crippen molar-refractivity contribution in [3.05, 3.63) is 79.7 Å². The smallest absolute Gasteiger partial charge is 0.408 e. The van der Waals surface area contributed by atoms with Crippen molar-refractivity contribution in [3.63, 3.8) is 0 Å². The minimum Gasteiger partial charge on any atom is -0.444 e. The number of alkyl carbamates (subject to hydrolysis) is 1. The van der Waals surface area contributed by atoms with Crippen LogP contribution in [0.4, 0.5) is 9.18 Å². The Morgan fingerprint density at radius 1 is 0.679 bits per heavy atom.